The van der Waals surface area contributed by atoms with Crippen LogP contribution in [0, 0.1) is 17.8 Å². The smallest absolute Gasteiger partial charge is 0.319 e. The van der Waals surface area contributed by atoms with Crippen LogP contribution in [0.4, 0.5) is 10.5 Å². The molecular weight excluding hydrogens is 328 g/mol. The standard InChI is InChI=1S/C17H21BrN2O/c18-14-3-1-2-4-15(14)19-16(21)20-17-8-11-5-12(9-17)7-13(6-11)10-17/h1-4,11-13H,5-10H2,(H2,19,20,21). The van der Waals surface area contributed by atoms with E-state index in [1.807, 2.05) is 24.3 Å². The first-order chi connectivity index (χ1) is 10.1. The number of urea groups is 1. The van der Waals surface area contributed by atoms with Gasteiger partial charge in [0.05, 0.1) is 5.69 Å². The maximum atomic E-state index is 12.4. The third-order valence-corrected chi connectivity index (χ3v) is 6.23. The van der Waals surface area contributed by atoms with Gasteiger partial charge >= 0.3 is 6.03 Å². The lowest BCUT2D eigenvalue weighted by Crippen LogP contribution is -2.60. The Balaban J connectivity index is 1.46. The van der Waals surface area contributed by atoms with Crippen molar-refractivity contribution >= 4 is 27.6 Å². The highest BCUT2D eigenvalue weighted by molar-refractivity contribution is 9.10. The van der Waals surface area contributed by atoms with E-state index in [2.05, 4.69) is 26.6 Å². The molecule has 3 nitrogen and oxygen atoms in total. The van der Waals surface area contributed by atoms with Crippen molar-refractivity contribution < 1.29 is 4.79 Å². The molecule has 0 saturated heterocycles. The van der Waals surface area contributed by atoms with Gasteiger partial charge in [-0.15, -0.1) is 0 Å². The number of amides is 2. The lowest BCUT2D eigenvalue weighted by Gasteiger charge is -2.56. The number of para-hydroxylation sites is 1. The third kappa shape index (κ3) is 2.59. The van der Waals surface area contributed by atoms with E-state index in [0.717, 1.165) is 27.9 Å². The van der Waals surface area contributed by atoms with Gasteiger partial charge in [0.25, 0.3) is 0 Å². The summed E-state index contributed by atoms with van der Waals surface area (Å²) in [4.78, 5) is 12.4. The Kier molecular flexibility index (Phi) is 3.25. The predicted octanol–water partition coefficient (Wildman–Crippen LogP) is 4.54. The average Bonchev–Trinajstić information content (AvgIpc) is 2.39. The molecule has 5 rings (SSSR count). The molecule has 2 amide bonds. The monoisotopic (exact) mass is 348 g/mol. The second-order valence-electron chi connectivity index (χ2n) is 7.26. The number of nitrogens with one attached hydrogen (secondary N) is 2. The summed E-state index contributed by atoms with van der Waals surface area (Å²) in [5, 5.41) is 6.32. The summed E-state index contributed by atoms with van der Waals surface area (Å²) in [7, 11) is 0. The summed E-state index contributed by atoms with van der Waals surface area (Å²) in [5.74, 6) is 2.54. The minimum atomic E-state index is -0.0520. The third-order valence-electron chi connectivity index (χ3n) is 5.54. The van der Waals surface area contributed by atoms with Crippen LogP contribution in [0.1, 0.15) is 38.5 Å². The van der Waals surface area contributed by atoms with Crippen LogP contribution >= 0.6 is 15.9 Å². The van der Waals surface area contributed by atoms with E-state index in [1.54, 1.807) is 0 Å². The number of rotatable bonds is 2. The van der Waals surface area contributed by atoms with Crippen LogP contribution in [0.3, 0.4) is 0 Å². The molecule has 2 N–H and O–H groups in total. The summed E-state index contributed by atoms with van der Waals surface area (Å²) in [6, 6.07) is 7.70. The van der Waals surface area contributed by atoms with Gasteiger partial charge in [0, 0.05) is 10.0 Å². The van der Waals surface area contributed by atoms with Crippen molar-refractivity contribution in [3.8, 4) is 0 Å². The zero-order valence-corrected chi connectivity index (χ0v) is 13.7. The van der Waals surface area contributed by atoms with Crippen LogP contribution in [0.5, 0.6) is 0 Å². The van der Waals surface area contributed by atoms with Crippen LogP contribution in [0.15, 0.2) is 28.7 Å². The molecule has 4 aliphatic carbocycles. The normalized spacial score (nSPS) is 36.5. The minimum absolute atomic E-state index is 0.0520. The van der Waals surface area contributed by atoms with E-state index in [4.69, 9.17) is 0 Å². The van der Waals surface area contributed by atoms with Crippen molar-refractivity contribution in [2.45, 2.75) is 44.1 Å². The zero-order chi connectivity index (χ0) is 14.4. The predicted molar refractivity (Wildman–Crippen MR) is 87.2 cm³/mol. The highest BCUT2D eigenvalue weighted by Crippen LogP contribution is 2.55. The Morgan fingerprint density at radius 3 is 2.19 bits per heavy atom. The summed E-state index contributed by atoms with van der Waals surface area (Å²) in [5.41, 5.74) is 0.903. The molecule has 0 atom stereocenters. The number of hydrogen-bond acceptors (Lipinski definition) is 1. The van der Waals surface area contributed by atoms with Crippen LogP contribution in [-0.2, 0) is 0 Å². The molecule has 4 fully saturated rings. The fourth-order valence-corrected chi connectivity index (χ4v) is 5.60. The highest BCUT2D eigenvalue weighted by atomic mass is 79.9. The fraction of sp³-hybridized carbons (Fsp3) is 0.588. The lowest BCUT2D eigenvalue weighted by atomic mass is 9.53. The van der Waals surface area contributed by atoms with Crippen LogP contribution in [0.2, 0.25) is 0 Å². The van der Waals surface area contributed by atoms with Gasteiger partial charge in [-0.25, -0.2) is 4.79 Å². The van der Waals surface area contributed by atoms with Crippen LogP contribution in [-0.4, -0.2) is 11.6 Å². The van der Waals surface area contributed by atoms with Gasteiger partial charge in [0.15, 0.2) is 0 Å². The molecule has 0 unspecified atom stereocenters. The molecule has 0 spiro atoms. The molecule has 0 radical (unpaired) electrons. The molecular formula is C17H21BrN2O. The maximum Gasteiger partial charge on any atom is 0.319 e. The van der Waals surface area contributed by atoms with Crippen molar-refractivity contribution in [1.82, 2.24) is 5.32 Å². The van der Waals surface area contributed by atoms with Gasteiger partial charge in [0.1, 0.15) is 0 Å². The first-order valence-electron chi connectivity index (χ1n) is 7.96. The van der Waals surface area contributed by atoms with Crippen LogP contribution < -0.4 is 10.6 Å². The first-order valence-corrected chi connectivity index (χ1v) is 8.75. The average molecular weight is 349 g/mol. The Labute approximate surface area is 134 Å². The number of anilines is 1. The van der Waals surface area contributed by atoms with Crippen molar-refractivity contribution in [1.29, 1.82) is 0 Å². The van der Waals surface area contributed by atoms with Crippen molar-refractivity contribution in [3.05, 3.63) is 28.7 Å². The van der Waals surface area contributed by atoms with Gasteiger partial charge < -0.3 is 10.6 Å². The Morgan fingerprint density at radius 1 is 1.05 bits per heavy atom. The molecule has 0 aromatic heterocycles. The molecule has 0 aliphatic heterocycles. The van der Waals surface area contributed by atoms with Crippen molar-refractivity contribution in [2.24, 2.45) is 17.8 Å². The molecule has 4 saturated carbocycles. The van der Waals surface area contributed by atoms with E-state index in [9.17, 15) is 4.79 Å². The molecule has 4 heteroatoms. The maximum absolute atomic E-state index is 12.4. The topological polar surface area (TPSA) is 41.1 Å². The summed E-state index contributed by atoms with van der Waals surface area (Å²) < 4.78 is 0.922. The van der Waals surface area contributed by atoms with E-state index >= 15 is 0 Å². The first kappa shape index (κ1) is 13.6. The fourth-order valence-electron chi connectivity index (χ4n) is 5.22. The van der Waals surface area contributed by atoms with E-state index in [-0.39, 0.29) is 11.6 Å². The summed E-state index contributed by atoms with van der Waals surface area (Å²) >= 11 is 3.48. The molecule has 4 aliphatic rings. The second kappa shape index (κ2) is 5.01. The summed E-state index contributed by atoms with van der Waals surface area (Å²) in [6.45, 7) is 0. The molecule has 0 heterocycles. The van der Waals surface area contributed by atoms with Crippen molar-refractivity contribution in [3.63, 3.8) is 0 Å². The van der Waals surface area contributed by atoms with Gasteiger partial charge in [-0.05, 0) is 84.3 Å². The van der Waals surface area contributed by atoms with Crippen LogP contribution in [0.25, 0.3) is 0 Å². The molecule has 21 heavy (non-hydrogen) atoms. The largest absolute Gasteiger partial charge is 0.332 e. The lowest BCUT2D eigenvalue weighted by molar-refractivity contribution is -0.0127. The number of hydrogen-bond donors (Lipinski definition) is 2. The minimum Gasteiger partial charge on any atom is -0.332 e. The molecule has 1 aromatic carbocycles. The molecule has 1 aromatic rings. The molecule has 4 bridgehead atoms. The number of halogens is 1. The quantitative estimate of drug-likeness (QED) is 0.809. The van der Waals surface area contributed by atoms with Crippen molar-refractivity contribution in [2.75, 3.05) is 5.32 Å². The number of benzene rings is 1. The van der Waals surface area contributed by atoms with Gasteiger partial charge in [-0.1, -0.05) is 12.1 Å². The van der Waals surface area contributed by atoms with E-state index in [1.165, 1.54) is 38.5 Å². The number of carbonyl (C=O) groups excluding carboxylic acids is 1. The molecule has 112 valence electrons. The highest BCUT2D eigenvalue weighted by Gasteiger charge is 2.51. The second-order valence-corrected chi connectivity index (χ2v) is 8.11. The Bertz CT molecular complexity index is 536. The Hall–Kier alpha value is -1.03. The SMILES string of the molecule is O=C(Nc1ccccc1Br)NC12CC3CC(CC(C3)C1)C2. The summed E-state index contributed by atoms with van der Waals surface area (Å²) in [6.07, 6.45) is 7.74. The number of carbonyl (C=O) groups is 1. The van der Waals surface area contributed by atoms with E-state index in [0.29, 0.717) is 0 Å². The van der Waals surface area contributed by atoms with Gasteiger partial charge in [-0.2, -0.15) is 0 Å². The Morgan fingerprint density at radius 2 is 1.62 bits per heavy atom. The zero-order valence-electron chi connectivity index (χ0n) is 12.1. The van der Waals surface area contributed by atoms with E-state index < -0.39 is 0 Å². The van der Waals surface area contributed by atoms with Gasteiger partial charge in [-0.3, -0.25) is 0 Å². The van der Waals surface area contributed by atoms with Gasteiger partial charge in [0.2, 0.25) is 0 Å².